The van der Waals surface area contributed by atoms with Gasteiger partial charge in [-0.2, -0.15) is 5.26 Å². The van der Waals surface area contributed by atoms with E-state index in [0.717, 1.165) is 17.7 Å². The average Bonchev–Trinajstić information content (AvgIpc) is 2.49. The Morgan fingerprint density at radius 1 is 1.35 bits per heavy atom. The molecule has 0 aromatic heterocycles. The molecule has 0 radical (unpaired) electrons. The number of thioether (sulfide) groups is 1. The number of nitrogens with one attached hydrogen (secondary N) is 1. The zero-order valence-electron chi connectivity index (χ0n) is 11.4. The molecule has 1 aromatic rings. The summed E-state index contributed by atoms with van der Waals surface area (Å²) in [5.41, 5.74) is 6.23. The van der Waals surface area contributed by atoms with Gasteiger partial charge in [0.25, 0.3) is 0 Å². The van der Waals surface area contributed by atoms with E-state index in [0.29, 0.717) is 6.42 Å². The lowest BCUT2D eigenvalue weighted by atomic mass is 9.91. The van der Waals surface area contributed by atoms with Crippen LogP contribution >= 0.6 is 11.8 Å². The predicted octanol–water partition coefficient (Wildman–Crippen LogP) is 4.65. The highest BCUT2D eigenvalue weighted by molar-refractivity contribution is 7.99. The number of hydrogen-bond acceptors (Lipinski definition) is 3. The lowest BCUT2D eigenvalue weighted by Crippen LogP contribution is -2.13. The fraction of sp³-hybridized carbons (Fsp3) is 0.235. The molecule has 0 saturated carbocycles. The van der Waals surface area contributed by atoms with Crippen molar-refractivity contribution in [3.8, 4) is 6.07 Å². The Bertz CT molecular complexity index is 674. The Hall–Kier alpha value is -1.92. The zero-order chi connectivity index (χ0) is 13.9. The van der Waals surface area contributed by atoms with Crippen molar-refractivity contribution in [3.05, 3.63) is 58.8 Å². The fourth-order valence-corrected chi connectivity index (χ4v) is 3.62. The molecule has 100 valence electrons. The summed E-state index contributed by atoms with van der Waals surface area (Å²) >= 11 is 1.88. The summed E-state index contributed by atoms with van der Waals surface area (Å²) in [5, 5.41) is 12.5. The van der Waals surface area contributed by atoms with Crippen molar-refractivity contribution in [1.29, 1.82) is 5.26 Å². The van der Waals surface area contributed by atoms with E-state index >= 15 is 0 Å². The highest BCUT2D eigenvalue weighted by Crippen LogP contribution is 2.38. The zero-order valence-corrected chi connectivity index (χ0v) is 12.3. The SMILES string of the molecule is CC1=C(CC#N)C=CCC1=C1CSc2ccccc2N1. The third kappa shape index (κ3) is 2.39. The molecule has 2 nitrogen and oxygen atoms in total. The number of hydrogen-bond donors (Lipinski definition) is 1. The minimum atomic E-state index is 0.489. The maximum atomic E-state index is 8.91. The van der Waals surface area contributed by atoms with Crippen molar-refractivity contribution in [1.82, 2.24) is 0 Å². The van der Waals surface area contributed by atoms with Crippen LogP contribution in [0.3, 0.4) is 0 Å². The maximum Gasteiger partial charge on any atom is 0.0669 e. The Kier molecular flexibility index (Phi) is 3.66. The molecule has 1 aliphatic carbocycles. The third-order valence-corrected chi connectivity index (χ3v) is 4.85. The highest BCUT2D eigenvalue weighted by atomic mass is 32.2. The summed E-state index contributed by atoms with van der Waals surface area (Å²) in [6.45, 7) is 2.13. The molecule has 1 heterocycles. The molecular formula is C17H16N2S. The lowest BCUT2D eigenvalue weighted by Gasteiger charge is -2.25. The van der Waals surface area contributed by atoms with Crippen LogP contribution in [0.15, 0.2) is 63.7 Å². The van der Waals surface area contributed by atoms with Gasteiger partial charge >= 0.3 is 0 Å². The van der Waals surface area contributed by atoms with E-state index in [1.165, 1.54) is 27.4 Å². The van der Waals surface area contributed by atoms with Crippen molar-refractivity contribution in [2.45, 2.75) is 24.7 Å². The molecule has 1 aliphatic heterocycles. The molecule has 0 atom stereocenters. The molecule has 3 heteroatoms. The minimum Gasteiger partial charge on any atom is -0.357 e. The van der Waals surface area contributed by atoms with E-state index in [4.69, 9.17) is 5.26 Å². The number of para-hydroxylation sites is 1. The molecular weight excluding hydrogens is 264 g/mol. The molecule has 0 fully saturated rings. The molecule has 0 spiro atoms. The van der Waals surface area contributed by atoms with Gasteiger partial charge < -0.3 is 5.32 Å². The summed E-state index contributed by atoms with van der Waals surface area (Å²) in [4.78, 5) is 1.31. The molecule has 0 saturated heterocycles. The molecule has 1 aromatic carbocycles. The van der Waals surface area contributed by atoms with Gasteiger partial charge in [-0.05, 0) is 42.2 Å². The standard InChI is InChI=1S/C17H16N2S/c1-12-13(9-10-18)5-4-6-14(12)16-11-20-17-8-3-2-7-15(17)19-16/h2-5,7-8,19H,6,9,11H2,1H3. The molecule has 2 aliphatic rings. The van der Waals surface area contributed by atoms with Crippen molar-refractivity contribution >= 4 is 17.4 Å². The minimum absolute atomic E-state index is 0.489. The first-order chi connectivity index (χ1) is 9.79. The van der Waals surface area contributed by atoms with Crippen LogP contribution in [0, 0.1) is 11.3 Å². The number of benzene rings is 1. The van der Waals surface area contributed by atoms with Gasteiger partial charge in [0.05, 0.1) is 18.2 Å². The highest BCUT2D eigenvalue weighted by Gasteiger charge is 2.18. The number of nitriles is 1. The van der Waals surface area contributed by atoms with E-state index in [-0.39, 0.29) is 0 Å². The first-order valence-electron chi connectivity index (χ1n) is 6.74. The second-order valence-electron chi connectivity index (χ2n) is 4.96. The van der Waals surface area contributed by atoms with E-state index < -0.39 is 0 Å². The van der Waals surface area contributed by atoms with E-state index in [1.54, 1.807) is 0 Å². The van der Waals surface area contributed by atoms with Gasteiger partial charge in [0.1, 0.15) is 0 Å². The van der Waals surface area contributed by atoms with E-state index in [9.17, 15) is 0 Å². The summed E-state index contributed by atoms with van der Waals surface area (Å²) in [7, 11) is 0. The van der Waals surface area contributed by atoms with Crippen molar-refractivity contribution < 1.29 is 0 Å². The molecule has 0 amide bonds. The maximum absolute atomic E-state index is 8.91. The summed E-state index contributed by atoms with van der Waals surface area (Å²) in [6.07, 6.45) is 5.69. The topological polar surface area (TPSA) is 35.8 Å². The molecule has 1 N–H and O–H groups in total. The van der Waals surface area contributed by atoms with Gasteiger partial charge in [0.15, 0.2) is 0 Å². The molecule has 3 rings (SSSR count). The quantitative estimate of drug-likeness (QED) is 0.813. The Morgan fingerprint density at radius 2 is 2.20 bits per heavy atom. The Morgan fingerprint density at radius 3 is 3.05 bits per heavy atom. The van der Waals surface area contributed by atoms with Crippen LogP contribution in [0.4, 0.5) is 5.69 Å². The number of nitrogens with zero attached hydrogens (tertiary/aromatic N) is 1. The Balaban J connectivity index is 1.97. The summed E-state index contributed by atoms with van der Waals surface area (Å²) in [6, 6.07) is 10.7. The first-order valence-corrected chi connectivity index (χ1v) is 7.72. The van der Waals surface area contributed by atoms with Gasteiger partial charge in [-0.25, -0.2) is 0 Å². The first kappa shape index (κ1) is 13.1. The van der Waals surface area contributed by atoms with Gasteiger partial charge in [-0.3, -0.25) is 0 Å². The fourth-order valence-electron chi connectivity index (χ4n) is 2.62. The van der Waals surface area contributed by atoms with Gasteiger partial charge in [0, 0.05) is 16.3 Å². The number of allylic oxidation sites excluding steroid dienone is 5. The van der Waals surface area contributed by atoms with Gasteiger partial charge in [0.2, 0.25) is 0 Å². The number of rotatable bonds is 1. The average molecular weight is 280 g/mol. The second kappa shape index (κ2) is 5.60. The largest absolute Gasteiger partial charge is 0.357 e. The normalized spacial score (nSPS) is 21.2. The smallest absolute Gasteiger partial charge is 0.0669 e. The monoisotopic (exact) mass is 280 g/mol. The van der Waals surface area contributed by atoms with Crippen LogP contribution in [-0.4, -0.2) is 5.75 Å². The summed E-state index contributed by atoms with van der Waals surface area (Å²) in [5.74, 6) is 0.970. The van der Waals surface area contributed by atoms with Crippen LogP contribution < -0.4 is 5.32 Å². The van der Waals surface area contributed by atoms with Crippen LogP contribution in [-0.2, 0) is 0 Å². The van der Waals surface area contributed by atoms with Crippen LogP contribution in [0.5, 0.6) is 0 Å². The van der Waals surface area contributed by atoms with E-state index in [2.05, 4.69) is 54.7 Å². The molecule has 20 heavy (non-hydrogen) atoms. The molecule has 0 bridgehead atoms. The van der Waals surface area contributed by atoms with Crippen LogP contribution in [0.25, 0.3) is 0 Å². The summed E-state index contributed by atoms with van der Waals surface area (Å²) < 4.78 is 0. The third-order valence-electron chi connectivity index (χ3n) is 3.75. The van der Waals surface area contributed by atoms with Crippen molar-refractivity contribution in [2.75, 3.05) is 11.1 Å². The van der Waals surface area contributed by atoms with Gasteiger partial charge in [-0.15, -0.1) is 11.8 Å². The number of fused-ring (bicyclic) bond motifs is 1. The lowest BCUT2D eigenvalue weighted by molar-refractivity contribution is 1.06. The van der Waals surface area contributed by atoms with E-state index in [1.807, 2.05) is 11.8 Å². The van der Waals surface area contributed by atoms with Crippen molar-refractivity contribution in [2.24, 2.45) is 0 Å². The molecule has 0 unspecified atom stereocenters. The van der Waals surface area contributed by atoms with Gasteiger partial charge in [-0.1, -0.05) is 24.3 Å². The van der Waals surface area contributed by atoms with Crippen molar-refractivity contribution in [3.63, 3.8) is 0 Å². The van der Waals surface area contributed by atoms with Crippen LogP contribution in [0.2, 0.25) is 0 Å². The Labute approximate surface area is 123 Å². The van der Waals surface area contributed by atoms with Crippen LogP contribution in [0.1, 0.15) is 19.8 Å². The number of anilines is 1. The second-order valence-corrected chi connectivity index (χ2v) is 5.98. The predicted molar refractivity (Wildman–Crippen MR) is 84.5 cm³/mol.